The van der Waals surface area contributed by atoms with Crippen LogP contribution in [0.15, 0.2) is 18.2 Å². The van der Waals surface area contributed by atoms with Gasteiger partial charge < -0.3 is 14.8 Å². The summed E-state index contributed by atoms with van der Waals surface area (Å²) in [6, 6.07) is 5.55. The Bertz CT molecular complexity index is 572. The summed E-state index contributed by atoms with van der Waals surface area (Å²) >= 11 is 6.23. The Labute approximate surface area is 111 Å². The molecule has 0 aliphatic rings. The zero-order valence-corrected chi connectivity index (χ0v) is 11.3. The number of methoxy groups -OCH3 is 2. The van der Waals surface area contributed by atoms with Crippen LogP contribution in [0.4, 0.5) is 5.69 Å². The number of aromatic nitrogens is 1. The van der Waals surface area contributed by atoms with E-state index in [1.165, 1.54) is 0 Å². The van der Waals surface area contributed by atoms with Crippen LogP contribution in [0, 0.1) is 0 Å². The number of hydrogen-bond donors (Lipinski definition) is 1. The first-order chi connectivity index (χ1) is 8.71. The van der Waals surface area contributed by atoms with Gasteiger partial charge in [-0.05, 0) is 18.2 Å². The summed E-state index contributed by atoms with van der Waals surface area (Å²) in [5.74, 6) is 0.698. The summed E-state index contributed by atoms with van der Waals surface area (Å²) in [5, 5.41) is 4.63. The van der Waals surface area contributed by atoms with Gasteiger partial charge >= 0.3 is 0 Å². The number of fused-ring (bicyclic) bond motifs is 1. The van der Waals surface area contributed by atoms with Crippen molar-refractivity contribution in [1.29, 1.82) is 0 Å². The number of nitrogens with one attached hydrogen (secondary N) is 1. The number of ether oxygens (including phenoxy) is 2. The van der Waals surface area contributed by atoms with Crippen LogP contribution in [0.25, 0.3) is 10.9 Å². The third-order valence-corrected chi connectivity index (χ3v) is 3.02. The minimum absolute atomic E-state index is 0.445. The predicted octanol–water partition coefficient (Wildman–Crippen LogP) is 3.08. The summed E-state index contributed by atoms with van der Waals surface area (Å²) in [6.45, 7) is 0.445. The number of halogens is 1. The van der Waals surface area contributed by atoms with Crippen molar-refractivity contribution in [3.8, 4) is 5.75 Å². The summed E-state index contributed by atoms with van der Waals surface area (Å²) < 4.78 is 10.4. The molecule has 1 aromatic heterocycles. The molecule has 2 aromatic rings. The maximum Gasteiger partial charge on any atom is 0.145 e. The Morgan fingerprint density at radius 3 is 2.72 bits per heavy atom. The first kappa shape index (κ1) is 12.9. The number of rotatable bonds is 4. The lowest BCUT2D eigenvalue weighted by molar-refractivity contribution is 0.182. The molecule has 18 heavy (non-hydrogen) atoms. The second kappa shape index (κ2) is 5.42. The third kappa shape index (κ3) is 2.21. The van der Waals surface area contributed by atoms with Crippen LogP contribution in [0.3, 0.4) is 0 Å². The normalized spacial score (nSPS) is 10.7. The highest BCUT2D eigenvalue weighted by Gasteiger charge is 2.12. The molecule has 0 atom stereocenters. The molecule has 1 aromatic carbocycles. The van der Waals surface area contributed by atoms with Gasteiger partial charge in [0.25, 0.3) is 0 Å². The smallest absolute Gasteiger partial charge is 0.145 e. The first-order valence-electron chi connectivity index (χ1n) is 5.54. The van der Waals surface area contributed by atoms with Crippen molar-refractivity contribution in [2.75, 3.05) is 26.6 Å². The second-order valence-corrected chi connectivity index (χ2v) is 4.22. The van der Waals surface area contributed by atoms with Gasteiger partial charge in [-0.25, -0.2) is 4.98 Å². The van der Waals surface area contributed by atoms with E-state index in [9.17, 15) is 0 Å². The standard InChI is InChI=1S/C13H15ClN2O2/c1-15-10-6-8(7-17-2)16-13-11(18-3)5-4-9(14)12(10)13/h4-6H,7H2,1-3H3,(H,15,16). The van der Waals surface area contributed by atoms with Crippen LogP contribution >= 0.6 is 11.6 Å². The van der Waals surface area contributed by atoms with E-state index in [-0.39, 0.29) is 0 Å². The topological polar surface area (TPSA) is 43.4 Å². The molecular formula is C13H15ClN2O2. The summed E-state index contributed by atoms with van der Waals surface area (Å²) in [5.41, 5.74) is 2.48. The average Bonchev–Trinajstić information content (AvgIpc) is 2.38. The highest BCUT2D eigenvalue weighted by molar-refractivity contribution is 6.36. The highest BCUT2D eigenvalue weighted by Crippen LogP contribution is 2.35. The molecule has 0 aliphatic heterocycles. The number of nitrogens with zero attached hydrogens (tertiary/aromatic N) is 1. The van der Waals surface area contributed by atoms with Gasteiger partial charge in [0, 0.05) is 25.2 Å². The molecule has 0 radical (unpaired) electrons. The van der Waals surface area contributed by atoms with E-state index in [1.807, 2.05) is 19.2 Å². The van der Waals surface area contributed by atoms with Crippen LogP contribution in [-0.4, -0.2) is 26.3 Å². The van der Waals surface area contributed by atoms with Crippen molar-refractivity contribution in [1.82, 2.24) is 4.98 Å². The molecule has 0 saturated heterocycles. The van der Waals surface area contributed by atoms with E-state index in [0.717, 1.165) is 22.3 Å². The molecule has 4 nitrogen and oxygen atoms in total. The Morgan fingerprint density at radius 1 is 1.33 bits per heavy atom. The van der Waals surface area contributed by atoms with Crippen molar-refractivity contribution >= 4 is 28.2 Å². The SMILES string of the molecule is CNc1cc(COC)nc2c(OC)ccc(Cl)c12. The Balaban J connectivity index is 2.77. The van der Waals surface area contributed by atoms with Gasteiger partial charge in [-0.1, -0.05) is 11.6 Å². The van der Waals surface area contributed by atoms with Crippen molar-refractivity contribution in [2.24, 2.45) is 0 Å². The fourth-order valence-electron chi connectivity index (χ4n) is 1.91. The van der Waals surface area contributed by atoms with E-state index in [2.05, 4.69) is 10.3 Å². The van der Waals surface area contributed by atoms with Gasteiger partial charge in [0.1, 0.15) is 11.3 Å². The number of pyridine rings is 1. The molecule has 0 unspecified atom stereocenters. The molecule has 0 saturated carbocycles. The van der Waals surface area contributed by atoms with Crippen molar-refractivity contribution in [3.63, 3.8) is 0 Å². The molecule has 0 fully saturated rings. The molecular weight excluding hydrogens is 252 g/mol. The second-order valence-electron chi connectivity index (χ2n) is 3.82. The van der Waals surface area contributed by atoms with Crippen molar-refractivity contribution in [2.45, 2.75) is 6.61 Å². The fourth-order valence-corrected chi connectivity index (χ4v) is 2.17. The van der Waals surface area contributed by atoms with Crippen LogP contribution in [0.1, 0.15) is 5.69 Å². The van der Waals surface area contributed by atoms with Gasteiger partial charge in [-0.15, -0.1) is 0 Å². The van der Waals surface area contributed by atoms with Crippen molar-refractivity contribution < 1.29 is 9.47 Å². The third-order valence-electron chi connectivity index (χ3n) is 2.71. The Hall–Kier alpha value is -1.52. The fraction of sp³-hybridized carbons (Fsp3) is 0.308. The largest absolute Gasteiger partial charge is 0.494 e. The molecule has 2 rings (SSSR count). The molecule has 0 aliphatic carbocycles. The quantitative estimate of drug-likeness (QED) is 0.924. The highest BCUT2D eigenvalue weighted by atomic mass is 35.5. The molecule has 5 heteroatoms. The molecule has 0 bridgehead atoms. The lowest BCUT2D eigenvalue weighted by Gasteiger charge is -2.12. The zero-order valence-electron chi connectivity index (χ0n) is 10.6. The van der Waals surface area contributed by atoms with E-state index in [4.69, 9.17) is 21.1 Å². The molecule has 1 N–H and O–H groups in total. The van der Waals surface area contributed by atoms with Crippen molar-refractivity contribution in [3.05, 3.63) is 28.9 Å². The number of benzene rings is 1. The predicted molar refractivity (Wildman–Crippen MR) is 73.6 cm³/mol. The van der Waals surface area contributed by atoms with Gasteiger partial charge in [-0.2, -0.15) is 0 Å². The van der Waals surface area contributed by atoms with E-state index in [0.29, 0.717) is 17.4 Å². The van der Waals surface area contributed by atoms with Crippen LogP contribution in [-0.2, 0) is 11.3 Å². The molecule has 96 valence electrons. The minimum Gasteiger partial charge on any atom is -0.494 e. The Morgan fingerprint density at radius 2 is 2.11 bits per heavy atom. The van der Waals surface area contributed by atoms with Crippen LogP contribution in [0.2, 0.25) is 5.02 Å². The summed E-state index contributed by atoms with van der Waals surface area (Å²) in [6.07, 6.45) is 0. The zero-order chi connectivity index (χ0) is 13.1. The van der Waals surface area contributed by atoms with Crippen LogP contribution in [0.5, 0.6) is 5.75 Å². The van der Waals surface area contributed by atoms with E-state index < -0.39 is 0 Å². The summed E-state index contributed by atoms with van der Waals surface area (Å²) in [7, 11) is 5.10. The lowest BCUT2D eigenvalue weighted by atomic mass is 10.1. The Kier molecular flexibility index (Phi) is 3.89. The lowest BCUT2D eigenvalue weighted by Crippen LogP contribution is -1.99. The first-order valence-corrected chi connectivity index (χ1v) is 5.92. The number of anilines is 1. The monoisotopic (exact) mass is 266 g/mol. The maximum atomic E-state index is 6.23. The van der Waals surface area contributed by atoms with Gasteiger partial charge in [-0.3, -0.25) is 0 Å². The molecule has 0 spiro atoms. The van der Waals surface area contributed by atoms with E-state index in [1.54, 1.807) is 20.3 Å². The number of hydrogen-bond acceptors (Lipinski definition) is 4. The maximum absolute atomic E-state index is 6.23. The van der Waals surface area contributed by atoms with E-state index >= 15 is 0 Å². The van der Waals surface area contributed by atoms with Gasteiger partial charge in [0.05, 0.1) is 24.4 Å². The average molecular weight is 267 g/mol. The molecule has 1 heterocycles. The minimum atomic E-state index is 0.445. The van der Waals surface area contributed by atoms with Gasteiger partial charge in [0.15, 0.2) is 0 Å². The van der Waals surface area contributed by atoms with Gasteiger partial charge in [0.2, 0.25) is 0 Å². The summed E-state index contributed by atoms with van der Waals surface area (Å²) in [4.78, 5) is 4.53. The molecule has 0 amide bonds. The van der Waals surface area contributed by atoms with Crippen LogP contribution < -0.4 is 10.1 Å².